The molecule has 116 valence electrons. The van der Waals surface area contributed by atoms with E-state index >= 15 is 0 Å². The van der Waals surface area contributed by atoms with Gasteiger partial charge in [-0.25, -0.2) is 0 Å². The summed E-state index contributed by atoms with van der Waals surface area (Å²) in [5.41, 5.74) is 0.648. The molecule has 8 heteroatoms. The van der Waals surface area contributed by atoms with Crippen molar-refractivity contribution in [3.05, 3.63) is 33.4 Å². The number of carbonyl (C=O) groups excluding carboxylic acids is 3. The van der Waals surface area contributed by atoms with E-state index in [1.54, 1.807) is 24.3 Å². The minimum absolute atomic E-state index is 0.0263. The van der Waals surface area contributed by atoms with Gasteiger partial charge in [-0.2, -0.15) is 0 Å². The first-order chi connectivity index (χ1) is 9.77. The van der Waals surface area contributed by atoms with Gasteiger partial charge in [-0.05, 0) is 0 Å². The van der Waals surface area contributed by atoms with Crippen LogP contribution in [0.5, 0.6) is 0 Å². The molecule has 21 heavy (non-hydrogen) atoms. The maximum atomic E-state index is 11.5. The van der Waals surface area contributed by atoms with Crippen LogP contribution in [0.25, 0.3) is 0 Å². The molecule has 0 unspecified atom stereocenters. The fraction of sp³-hybridized carbons (Fsp3) is 0.308. The van der Waals surface area contributed by atoms with E-state index in [-0.39, 0.29) is 6.61 Å². The van der Waals surface area contributed by atoms with Crippen LogP contribution in [0.4, 0.5) is 0 Å². The van der Waals surface area contributed by atoms with Crippen LogP contribution in [-0.2, 0) is 33.3 Å². The second kappa shape index (κ2) is 5.26. The molecule has 0 saturated heterocycles. The first kappa shape index (κ1) is 15.7. The van der Waals surface area contributed by atoms with Gasteiger partial charge in [0.1, 0.15) is 0 Å². The Kier molecular flexibility index (Phi) is 3.93. The van der Waals surface area contributed by atoms with E-state index in [2.05, 4.69) is 0 Å². The third-order valence-corrected chi connectivity index (χ3v) is 10.9. The predicted molar refractivity (Wildman–Crippen MR) is 79.2 cm³/mol. The Morgan fingerprint density at radius 3 is 1.90 bits per heavy atom. The van der Waals surface area contributed by atoms with Crippen molar-refractivity contribution in [2.45, 2.75) is 27.4 Å². The summed E-state index contributed by atoms with van der Waals surface area (Å²) in [6.45, 7) is 3.42. The first-order valence-corrected chi connectivity index (χ1v) is 10.6. The molecule has 0 radical (unpaired) electrons. The van der Waals surface area contributed by atoms with Gasteiger partial charge in [-0.15, -0.1) is 0 Å². The third kappa shape index (κ3) is 2.72. The summed E-state index contributed by atoms with van der Waals surface area (Å²) in [6.07, 6.45) is 0. The van der Waals surface area contributed by atoms with Gasteiger partial charge in [0, 0.05) is 0 Å². The van der Waals surface area contributed by atoms with Gasteiger partial charge >= 0.3 is 124 Å². The molecule has 0 aromatic heterocycles. The Morgan fingerprint density at radius 2 is 1.43 bits per heavy atom. The number of halogens is 1. The maximum absolute atomic E-state index is 11.5. The van der Waals surface area contributed by atoms with E-state index in [1.807, 2.05) is 0 Å². The summed E-state index contributed by atoms with van der Waals surface area (Å²) in [5, 5.41) is 0. The molecule has 7 nitrogen and oxygen atoms in total. The zero-order valence-electron chi connectivity index (χ0n) is 11.8. The predicted octanol–water partition coefficient (Wildman–Crippen LogP) is 2.31. The molecule has 0 saturated carbocycles. The average molecular weight is 410 g/mol. The van der Waals surface area contributed by atoms with Crippen LogP contribution in [-0.4, -0.2) is 17.9 Å². The van der Waals surface area contributed by atoms with Crippen LogP contribution in [0.1, 0.15) is 26.3 Å². The fourth-order valence-corrected chi connectivity index (χ4v) is 9.97. The van der Waals surface area contributed by atoms with Crippen molar-refractivity contribution in [2.75, 3.05) is 0 Å². The number of hydrogen-bond acceptors (Lipinski definition) is 7. The molecule has 0 N–H and O–H groups in total. The molecule has 0 fully saturated rings. The Morgan fingerprint density at radius 1 is 0.952 bits per heavy atom. The molecule has 0 atom stereocenters. The Balaban J connectivity index is 2.71. The van der Waals surface area contributed by atoms with Gasteiger partial charge < -0.3 is 0 Å². The second-order valence-corrected chi connectivity index (χ2v) is 11.3. The Hall–Kier alpha value is -1.68. The minimum atomic E-state index is -5.60. The number of benzene rings is 1. The molecular weight excluding hydrogens is 395 g/mol. The van der Waals surface area contributed by atoms with E-state index < -0.39 is 36.6 Å². The topological polar surface area (TPSA) is 88.1 Å². The van der Waals surface area contributed by atoms with Crippen molar-refractivity contribution in [1.82, 2.24) is 0 Å². The third-order valence-electron chi connectivity index (χ3n) is 2.41. The standard InChI is InChI=1S/C13H15IO7/c1-9(15)19-14(20-10(2)16,21-11(3)17)13-7-5-4-6-12(13)8-18-14/h4-7H,8H2,1-3H3. The van der Waals surface area contributed by atoms with E-state index in [0.717, 1.165) is 20.8 Å². The number of carbonyl (C=O) groups is 3. The zero-order valence-corrected chi connectivity index (χ0v) is 13.9. The van der Waals surface area contributed by atoms with Crippen LogP contribution in [0.3, 0.4) is 0 Å². The van der Waals surface area contributed by atoms with E-state index in [9.17, 15) is 14.4 Å². The first-order valence-electron chi connectivity index (χ1n) is 6.00. The van der Waals surface area contributed by atoms with Crippen molar-refractivity contribution >= 4 is 36.6 Å². The SMILES string of the molecule is CC(=O)OI1(OC(C)=O)(OC(C)=O)OCc2ccccc21. The zero-order chi connectivity index (χ0) is 15.7. The average Bonchev–Trinajstić information content (AvgIpc) is 2.63. The number of rotatable bonds is 3. The summed E-state index contributed by atoms with van der Waals surface area (Å²) >= 11 is -5.60. The van der Waals surface area contributed by atoms with Gasteiger partial charge in [0.2, 0.25) is 0 Å². The van der Waals surface area contributed by atoms with Gasteiger partial charge in [0.25, 0.3) is 0 Å². The summed E-state index contributed by atoms with van der Waals surface area (Å²) < 4.78 is 21.7. The van der Waals surface area contributed by atoms with Crippen LogP contribution in [0.2, 0.25) is 0 Å². The van der Waals surface area contributed by atoms with E-state index in [4.69, 9.17) is 12.3 Å². The van der Waals surface area contributed by atoms with E-state index in [1.165, 1.54) is 0 Å². The summed E-state index contributed by atoms with van der Waals surface area (Å²) in [7, 11) is 0. The van der Waals surface area contributed by atoms with Crippen LogP contribution < -0.4 is 0 Å². The van der Waals surface area contributed by atoms with Crippen molar-refractivity contribution in [3.8, 4) is 0 Å². The van der Waals surface area contributed by atoms with Crippen LogP contribution >= 0.6 is 18.7 Å². The summed E-state index contributed by atoms with van der Waals surface area (Å²) in [5.74, 6) is -2.28. The molecule has 1 aromatic rings. The van der Waals surface area contributed by atoms with Crippen molar-refractivity contribution in [2.24, 2.45) is 0 Å². The van der Waals surface area contributed by atoms with E-state index in [0.29, 0.717) is 9.13 Å². The van der Waals surface area contributed by atoms with Crippen LogP contribution in [0.15, 0.2) is 24.3 Å². The summed E-state index contributed by atoms with van der Waals surface area (Å²) in [4.78, 5) is 34.6. The normalized spacial score (nSPS) is 19.5. The van der Waals surface area contributed by atoms with Crippen molar-refractivity contribution < 1.29 is 26.6 Å². The molecule has 0 aliphatic carbocycles. The van der Waals surface area contributed by atoms with Gasteiger partial charge in [0.15, 0.2) is 0 Å². The molecule has 1 heterocycles. The molecule has 0 spiro atoms. The molecule has 0 amide bonds. The quantitative estimate of drug-likeness (QED) is 0.707. The Bertz CT molecular complexity index is 581. The van der Waals surface area contributed by atoms with Crippen molar-refractivity contribution in [3.63, 3.8) is 0 Å². The van der Waals surface area contributed by atoms with Gasteiger partial charge in [-0.3, -0.25) is 0 Å². The fourth-order valence-electron chi connectivity index (χ4n) is 1.93. The number of fused-ring (bicyclic) bond motifs is 1. The van der Waals surface area contributed by atoms with Gasteiger partial charge in [-0.1, -0.05) is 0 Å². The summed E-state index contributed by atoms with van der Waals surface area (Å²) in [6, 6.07) is 6.71. The number of hydrogen-bond donors (Lipinski definition) is 0. The Labute approximate surface area is 124 Å². The molecule has 1 aliphatic heterocycles. The molecule has 0 bridgehead atoms. The van der Waals surface area contributed by atoms with Gasteiger partial charge in [0.05, 0.1) is 0 Å². The second-order valence-electron chi connectivity index (χ2n) is 4.24. The van der Waals surface area contributed by atoms with Crippen molar-refractivity contribution in [1.29, 1.82) is 0 Å². The monoisotopic (exact) mass is 410 g/mol. The molecular formula is C13H15IO7. The van der Waals surface area contributed by atoms with Crippen LogP contribution in [0, 0.1) is 3.57 Å². The molecule has 2 rings (SSSR count). The molecule has 1 aliphatic rings. The molecule has 1 aromatic carbocycles.